The second-order valence-electron chi connectivity index (χ2n) is 8.24. The molecule has 1 N–H and O–H groups in total. The topological polar surface area (TPSA) is 80.5 Å². The monoisotopic (exact) mass is 466 g/mol. The van der Waals surface area contributed by atoms with Crippen molar-refractivity contribution in [3.8, 4) is 17.1 Å². The lowest BCUT2D eigenvalue weighted by Crippen LogP contribution is -2.45. The Hall–Kier alpha value is -4.39. The second-order valence-corrected chi connectivity index (χ2v) is 8.24. The number of carbonyl (C=O) groups excluding carboxylic acids is 1. The molecule has 4 aromatic rings. The summed E-state index contributed by atoms with van der Waals surface area (Å²) in [7, 11) is 0. The molecule has 0 aliphatic carbocycles. The van der Waals surface area contributed by atoms with Crippen molar-refractivity contribution < 1.29 is 14.1 Å². The third-order valence-corrected chi connectivity index (χ3v) is 5.99. The van der Waals surface area contributed by atoms with Crippen LogP contribution in [-0.2, 0) is 6.54 Å². The summed E-state index contributed by atoms with van der Waals surface area (Å²) in [4.78, 5) is 19.7. The van der Waals surface area contributed by atoms with E-state index in [1.54, 1.807) is 4.90 Å². The highest BCUT2D eigenvalue weighted by molar-refractivity contribution is 5.86. The Kier molecular flexibility index (Phi) is 6.30. The fraction of sp³-hybridized carbons (Fsp3) is 0.179. The van der Waals surface area contributed by atoms with Gasteiger partial charge < -0.3 is 14.6 Å². The number of nitrogens with zero attached hydrogens (tertiary/aromatic N) is 3. The summed E-state index contributed by atoms with van der Waals surface area (Å²) in [5.41, 5.74) is 4.31. The normalized spacial score (nSPS) is 15.8. The van der Waals surface area contributed by atoms with Crippen LogP contribution in [0.15, 0.2) is 95.1 Å². The molecule has 2 heterocycles. The van der Waals surface area contributed by atoms with E-state index in [4.69, 9.17) is 14.2 Å². The maximum atomic E-state index is 13.3. The molecular formula is C28H26N4O3. The van der Waals surface area contributed by atoms with Crippen molar-refractivity contribution in [2.75, 3.05) is 6.61 Å². The van der Waals surface area contributed by atoms with Gasteiger partial charge in [-0.3, -0.25) is 4.90 Å². The third kappa shape index (κ3) is 4.66. The zero-order chi connectivity index (χ0) is 24.2. The number of hydrogen-bond donors (Lipinski definition) is 1. The van der Waals surface area contributed by atoms with Gasteiger partial charge in [0.25, 0.3) is 5.89 Å². The lowest BCUT2D eigenvalue weighted by atomic mass is 9.94. The lowest BCUT2D eigenvalue weighted by Gasteiger charge is -2.35. The maximum absolute atomic E-state index is 13.3. The molecule has 0 bridgehead atoms. The minimum Gasteiger partial charge on any atom is -0.494 e. The molecule has 7 nitrogen and oxygen atoms in total. The summed E-state index contributed by atoms with van der Waals surface area (Å²) in [6.07, 6.45) is 0. The van der Waals surface area contributed by atoms with E-state index in [2.05, 4.69) is 10.5 Å². The Balaban J connectivity index is 1.57. The van der Waals surface area contributed by atoms with Crippen molar-refractivity contribution in [2.45, 2.75) is 26.4 Å². The van der Waals surface area contributed by atoms with Crippen molar-refractivity contribution in [1.82, 2.24) is 20.4 Å². The van der Waals surface area contributed by atoms with Crippen molar-refractivity contribution >= 4 is 11.6 Å². The quantitative estimate of drug-likeness (QED) is 0.370. The van der Waals surface area contributed by atoms with Gasteiger partial charge in [-0.15, -0.1) is 0 Å². The van der Waals surface area contributed by atoms with E-state index in [0.29, 0.717) is 24.9 Å². The fourth-order valence-electron chi connectivity index (χ4n) is 4.23. The average Bonchev–Trinajstić information content (AvgIpc) is 3.38. The van der Waals surface area contributed by atoms with Gasteiger partial charge in [0.05, 0.1) is 24.8 Å². The predicted molar refractivity (Wildman–Crippen MR) is 133 cm³/mol. The molecule has 1 aliphatic rings. The lowest BCUT2D eigenvalue weighted by molar-refractivity contribution is 0.203. The van der Waals surface area contributed by atoms with Crippen LogP contribution in [0.5, 0.6) is 5.75 Å². The summed E-state index contributed by atoms with van der Waals surface area (Å²) in [6, 6.07) is 26.6. The molecule has 1 atom stereocenters. The Morgan fingerprint density at radius 1 is 0.971 bits per heavy atom. The number of nitrogens with one attached hydrogen (secondary N) is 1. The largest absolute Gasteiger partial charge is 0.494 e. The van der Waals surface area contributed by atoms with Crippen LogP contribution < -0.4 is 10.1 Å². The number of ether oxygens (including phenoxy) is 1. The summed E-state index contributed by atoms with van der Waals surface area (Å²) in [5.74, 6) is 1.65. The van der Waals surface area contributed by atoms with Gasteiger partial charge >= 0.3 is 6.03 Å². The van der Waals surface area contributed by atoms with E-state index in [1.165, 1.54) is 0 Å². The van der Waals surface area contributed by atoms with Crippen LogP contribution in [0.3, 0.4) is 0 Å². The molecule has 0 spiro atoms. The van der Waals surface area contributed by atoms with Crippen LogP contribution in [0, 0.1) is 0 Å². The van der Waals surface area contributed by atoms with Gasteiger partial charge in [-0.05, 0) is 37.1 Å². The molecule has 0 radical (unpaired) electrons. The first-order chi connectivity index (χ1) is 17.1. The Bertz CT molecular complexity index is 1330. The van der Waals surface area contributed by atoms with E-state index in [9.17, 15) is 4.79 Å². The highest BCUT2D eigenvalue weighted by atomic mass is 16.5. The third-order valence-electron chi connectivity index (χ3n) is 5.99. The number of urea groups is 1. The molecule has 0 saturated carbocycles. The van der Waals surface area contributed by atoms with E-state index in [0.717, 1.165) is 33.7 Å². The van der Waals surface area contributed by atoms with Crippen LogP contribution in [-0.4, -0.2) is 27.7 Å². The van der Waals surface area contributed by atoms with Gasteiger partial charge in [-0.1, -0.05) is 78.0 Å². The summed E-state index contributed by atoms with van der Waals surface area (Å²) < 4.78 is 11.3. The zero-order valence-corrected chi connectivity index (χ0v) is 19.6. The number of benzene rings is 3. The molecule has 35 heavy (non-hydrogen) atoms. The molecule has 1 unspecified atom stereocenters. The van der Waals surface area contributed by atoms with Crippen molar-refractivity contribution in [1.29, 1.82) is 0 Å². The van der Waals surface area contributed by atoms with E-state index >= 15 is 0 Å². The van der Waals surface area contributed by atoms with E-state index in [1.807, 2.05) is 98.8 Å². The number of aromatic nitrogens is 2. The number of amides is 2. The van der Waals surface area contributed by atoms with Crippen LogP contribution in [0.1, 0.15) is 36.9 Å². The molecule has 5 rings (SSSR count). The molecule has 1 aliphatic heterocycles. The molecule has 2 amide bonds. The van der Waals surface area contributed by atoms with Gasteiger partial charge in [0, 0.05) is 11.3 Å². The van der Waals surface area contributed by atoms with Crippen LogP contribution >= 0.6 is 0 Å². The average molecular weight is 467 g/mol. The van der Waals surface area contributed by atoms with E-state index < -0.39 is 6.04 Å². The fourth-order valence-corrected chi connectivity index (χ4v) is 4.23. The first-order valence-corrected chi connectivity index (χ1v) is 11.6. The minimum atomic E-state index is -0.450. The Labute approximate surface area is 204 Å². The predicted octanol–water partition coefficient (Wildman–Crippen LogP) is 5.83. The Morgan fingerprint density at radius 2 is 1.66 bits per heavy atom. The molecule has 176 valence electrons. The SMILES string of the molecule is CCOc1ccc(C2NC(=O)N(Cc3ccccc3)C(C)=C2c2nc(-c3ccccc3)no2)cc1. The van der Waals surface area contributed by atoms with Gasteiger partial charge in [0.15, 0.2) is 0 Å². The highest BCUT2D eigenvalue weighted by Gasteiger charge is 2.35. The second kappa shape index (κ2) is 9.85. The van der Waals surface area contributed by atoms with Crippen LogP contribution in [0.4, 0.5) is 4.79 Å². The molecular weight excluding hydrogens is 440 g/mol. The van der Waals surface area contributed by atoms with Crippen molar-refractivity contribution in [3.05, 3.63) is 108 Å². The van der Waals surface area contributed by atoms with Crippen molar-refractivity contribution in [3.63, 3.8) is 0 Å². The molecule has 7 heteroatoms. The first kappa shape index (κ1) is 22.4. The first-order valence-electron chi connectivity index (χ1n) is 11.6. The molecule has 0 saturated heterocycles. The number of hydrogen-bond acceptors (Lipinski definition) is 5. The summed E-state index contributed by atoms with van der Waals surface area (Å²) in [5, 5.41) is 7.36. The van der Waals surface area contributed by atoms with Crippen LogP contribution in [0.25, 0.3) is 17.0 Å². The molecule has 0 fully saturated rings. The van der Waals surface area contributed by atoms with Gasteiger partial charge in [-0.2, -0.15) is 4.98 Å². The zero-order valence-electron chi connectivity index (χ0n) is 19.6. The van der Waals surface area contributed by atoms with Gasteiger partial charge in [-0.25, -0.2) is 4.79 Å². The maximum Gasteiger partial charge on any atom is 0.322 e. The van der Waals surface area contributed by atoms with Crippen molar-refractivity contribution in [2.24, 2.45) is 0 Å². The smallest absolute Gasteiger partial charge is 0.322 e. The standard InChI is InChI=1S/C28H26N4O3/c1-3-34-23-16-14-21(15-17-23)25-24(27-30-26(31-35-27)22-12-8-5-9-13-22)19(2)32(28(33)29-25)18-20-10-6-4-7-11-20/h4-17,25H,3,18H2,1-2H3,(H,29,33). The Morgan fingerprint density at radius 3 is 2.34 bits per heavy atom. The van der Waals surface area contributed by atoms with Gasteiger partial charge in [0.1, 0.15) is 5.75 Å². The van der Waals surface area contributed by atoms with Crippen LogP contribution in [0.2, 0.25) is 0 Å². The summed E-state index contributed by atoms with van der Waals surface area (Å²) in [6.45, 7) is 4.88. The molecule has 3 aromatic carbocycles. The molecule has 1 aromatic heterocycles. The van der Waals surface area contributed by atoms with E-state index in [-0.39, 0.29) is 6.03 Å². The number of carbonyl (C=O) groups is 1. The number of allylic oxidation sites excluding steroid dienone is 1. The van der Waals surface area contributed by atoms with Gasteiger partial charge in [0.2, 0.25) is 5.82 Å². The minimum absolute atomic E-state index is 0.184. The summed E-state index contributed by atoms with van der Waals surface area (Å²) >= 11 is 0. The highest BCUT2D eigenvalue weighted by Crippen LogP contribution is 2.38. The number of rotatable bonds is 7.